The van der Waals surface area contributed by atoms with Crippen LogP contribution in [0.5, 0.6) is 11.5 Å². The van der Waals surface area contributed by atoms with Gasteiger partial charge in [0.05, 0.1) is 17.8 Å². The summed E-state index contributed by atoms with van der Waals surface area (Å²) in [4.78, 5) is 28.0. The van der Waals surface area contributed by atoms with Crippen molar-refractivity contribution in [3.05, 3.63) is 42.9 Å². The van der Waals surface area contributed by atoms with E-state index in [2.05, 4.69) is 25.2 Å². The van der Waals surface area contributed by atoms with E-state index >= 15 is 0 Å². The van der Waals surface area contributed by atoms with Crippen molar-refractivity contribution < 1.29 is 14.3 Å². The zero-order chi connectivity index (χ0) is 19.6. The summed E-state index contributed by atoms with van der Waals surface area (Å²) in [6.07, 6.45) is 6.89. The molecule has 8 nitrogen and oxygen atoms in total. The molecule has 148 valence electrons. The van der Waals surface area contributed by atoms with Crippen molar-refractivity contribution in [2.75, 3.05) is 36.5 Å². The van der Waals surface area contributed by atoms with Gasteiger partial charge in [0.2, 0.25) is 5.91 Å². The van der Waals surface area contributed by atoms with Crippen LogP contribution in [0, 0.1) is 5.92 Å². The smallest absolute Gasteiger partial charge is 0.229 e. The van der Waals surface area contributed by atoms with E-state index in [1.807, 2.05) is 24.3 Å². The highest BCUT2D eigenvalue weighted by atomic mass is 16.6. The van der Waals surface area contributed by atoms with Crippen molar-refractivity contribution in [3.63, 3.8) is 0 Å². The molecule has 0 radical (unpaired) electrons. The second-order valence-electron chi connectivity index (χ2n) is 7.23. The molecule has 2 aliphatic rings. The first kappa shape index (κ1) is 17.7. The number of ether oxygens (including phenoxy) is 2. The van der Waals surface area contributed by atoms with Crippen molar-refractivity contribution in [2.45, 2.75) is 12.8 Å². The van der Waals surface area contributed by atoms with Crippen molar-refractivity contribution in [1.29, 1.82) is 0 Å². The summed E-state index contributed by atoms with van der Waals surface area (Å²) in [6, 6.07) is 7.48. The topological polar surface area (TPSA) is 89.5 Å². The number of fused-ring (bicyclic) bond motifs is 2. The molecule has 4 heterocycles. The molecular weight excluding hydrogens is 370 g/mol. The van der Waals surface area contributed by atoms with Crippen LogP contribution >= 0.6 is 0 Å². The van der Waals surface area contributed by atoms with Gasteiger partial charge in [0, 0.05) is 37.2 Å². The van der Waals surface area contributed by atoms with Crippen molar-refractivity contribution in [3.8, 4) is 11.5 Å². The summed E-state index contributed by atoms with van der Waals surface area (Å²) >= 11 is 0. The summed E-state index contributed by atoms with van der Waals surface area (Å²) < 4.78 is 11.1. The van der Waals surface area contributed by atoms with E-state index in [1.54, 1.807) is 18.6 Å². The number of anilines is 2. The molecule has 1 N–H and O–H groups in total. The van der Waals surface area contributed by atoms with Crippen molar-refractivity contribution >= 4 is 28.4 Å². The highest BCUT2D eigenvalue weighted by Crippen LogP contribution is 2.33. The third kappa shape index (κ3) is 3.65. The van der Waals surface area contributed by atoms with Crippen LogP contribution in [-0.4, -0.2) is 47.2 Å². The summed E-state index contributed by atoms with van der Waals surface area (Å²) in [7, 11) is 0. The van der Waals surface area contributed by atoms with Crippen LogP contribution in [0.2, 0.25) is 0 Å². The first-order chi connectivity index (χ1) is 14.3. The number of pyridine rings is 1. The number of aromatic nitrogens is 3. The van der Waals surface area contributed by atoms with Crippen LogP contribution in [0.1, 0.15) is 12.8 Å². The standard InChI is InChI=1S/C21H21N5O3/c27-21(25-15-3-4-18-19(10-15)29-9-8-28-18)14-2-1-7-26(13-14)16-11-17-20(24-12-16)23-6-5-22-17/h3-6,10-12,14H,1-2,7-9,13H2,(H,25,27)/t14-/m1/s1. The molecule has 2 aliphatic heterocycles. The van der Waals surface area contributed by atoms with Crippen molar-refractivity contribution in [2.24, 2.45) is 5.92 Å². The van der Waals surface area contributed by atoms with Gasteiger partial charge in [-0.2, -0.15) is 0 Å². The average molecular weight is 391 g/mol. The van der Waals surface area contributed by atoms with E-state index in [1.165, 1.54) is 0 Å². The zero-order valence-electron chi connectivity index (χ0n) is 15.9. The minimum absolute atomic E-state index is 0.0138. The van der Waals surface area contributed by atoms with Gasteiger partial charge in [0.15, 0.2) is 17.1 Å². The fourth-order valence-electron chi connectivity index (χ4n) is 3.81. The summed E-state index contributed by atoms with van der Waals surface area (Å²) in [5, 5.41) is 3.02. The van der Waals surface area contributed by atoms with Crippen LogP contribution in [0.3, 0.4) is 0 Å². The number of nitrogens with one attached hydrogen (secondary N) is 1. The van der Waals surface area contributed by atoms with Crippen LogP contribution < -0.4 is 19.7 Å². The normalized spacial score (nSPS) is 18.5. The minimum atomic E-state index is -0.102. The first-order valence-corrected chi connectivity index (χ1v) is 9.78. The monoisotopic (exact) mass is 391 g/mol. The van der Waals surface area contributed by atoms with E-state index in [4.69, 9.17) is 9.47 Å². The Morgan fingerprint density at radius 1 is 1.07 bits per heavy atom. The van der Waals surface area contributed by atoms with Gasteiger partial charge in [-0.3, -0.25) is 9.78 Å². The van der Waals surface area contributed by atoms with E-state index in [0.717, 1.165) is 36.3 Å². The van der Waals surface area contributed by atoms with Gasteiger partial charge in [-0.05, 0) is 31.0 Å². The minimum Gasteiger partial charge on any atom is -0.486 e. The van der Waals surface area contributed by atoms with Gasteiger partial charge in [-0.1, -0.05) is 0 Å². The zero-order valence-corrected chi connectivity index (χ0v) is 15.9. The predicted molar refractivity (Wildman–Crippen MR) is 108 cm³/mol. The second-order valence-corrected chi connectivity index (χ2v) is 7.23. The number of carbonyl (C=O) groups excluding carboxylic acids is 1. The summed E-state index contributed by atoms with van der Waals surface area (Å²) in [5.41, 5.74) is 3.07. The molecule has 1 atom stereocenters. The number of rotatable bonds is 3. The Hall–Kier alpha value is -3.42. The molecule has 1 saturated heterocycles. The van der Waals surface area contributed by atoms with E-state index in [-0.39, 0.29) is 11.8 Å². The van der Waals surface area contributed by atoms with E-state index in [0.29, 0.717) is 36.9 Å². The van der Waals surface area contributed by atoms with Gasteiger partial charge in [0.1, 0.15) is 18.7 Å². The number of amides is 1. The lowest BCUT2D eigenvalue weighted by molar-refractivity contribution is -0.120. The molecule has 1 aromatic carbocycles. The quantitative estimate of drug-likeness (QED) is 0.734. The summed E-state index contributed by atoms with van der Waals surface area (Å²) in [5.74, 6) is 1.29. The molecule has 0 spiro atoms. The molecule has 0 aliphatic carbocycles. The fourth-order valence-corrected chi connectivity index (χ4v) is 3.81. The average Bonchev–Trinajstić information content (AvgIpc) is 2.79. The SMILES string of the molecule is O=C(Nc1ccc2c(c1)OCCO2)[C@@H]1CCCN(c2cnc3nccnc3c2)C1. The fraction of sp³-hybridized carbons (Fsp3) is 0.333. The Balaban J connectivity index is 1.29. The third-order valence-corrected chi connectivity index (χ3v) is 5.28. The van der Waals surface area contributed by atoms with E-state index < -0.39 is 0 Å². The second kappa shape index (κ2) is 7.54. The molecule has 0 unspecified atom stereocenters. The Morgan fingerprint density at radius 3 is 2.86 bits per heavy atom. The Labute approximate surface area is 167 Å². The van der Waals surface area contributed by atoms with Crippen LogP contribution in [0.4, 0.5) is 11.4 Å². The van der Waals surface area contributed by atoms with E-state index in [9.17, 15) is 4.79 Å². The molecule has 2 aromatic heterocycles. The number of hydrogen-bond acceptors (Lipinski definition) is 7. The molecule has 8 heteroatoms. The Kier molecular flexibility index (Phi) is 4.59. The number of nitrogens with zero attached hydrogens (tertiary/aromatic N) is 4. The lowest BCUT2D eigenvalue weighted by Gasteiger charge is -2.33. The number of carbonyl (C=O) groups is 1. The lowest BCUT2D eigenvalue weighted by atomic mass is 9.96. The molecule has 0 saturated carbocycles. The summed E-state index contributed by atoms with van der Waals surface area (Å²) in [6.45, 7) is 2.60. The van der Waals surface area contributed by atoms with Gasteiger partial charge in [0.25, 0.3) is 0 Å². The molecule has 1 amide bonds. The number of hydrogen-bond donors (Lipinski definition) is 1. The van der Waals surface area contributed by atoms with Crippen LogP contribution in [-0.2, 0) is 4.79 Å². The van der Waals surface area contributed by atoms with Crippen molar-refractivity contribution in [1.82, 2.24) is 15.0 Å². The Morgan fingerprint density at radius 2 is 1.93 bits per heavy atom. The lowest BCUT2D eigenvalue weighted by Crippen LogP contribution is -2.40. The van der Waals surface area contributed by atoms with Crippen LogP contribution in [0.25, 0.3) is 11.2 Å². The highest BCUT2D eigenvalue weighted by Gasteiger charge is 2.27. The molecule has 0 bridgehead atoms. The maximum atomic E-state index is 12.9. The molecule has 5 rings (SSSR count). The maximum absolute atomic E-state index is 12.9. The predicted octanol–water partition coefficient (Wildman–Crippen LogP) is 2.65. The Bertz CT molecular complexity index is 1060. The maximum Gasteiger partial charge on any atom is 0.229 e. The number of benzene rings is 1. The van der Waals surface area contributed by atoms with Gasteiger partial charge in [-0.25, -0.2) is 9.97 Å². The largest absolute Gasteiger partial charge is 0.486 e. The number of piperidine rings is 1. The van der Waals surface area contributed by atoms with Crippen LogP contribution in [0.15, 0.2) is 42.9 Å². The molecule has 3 aromatic rings. The molecule has 29 heavy (non-hydrogen) atoms. The van der Waals surface area contributed by atoms with Gasteiger partial charge >= 0.3 is 0 Å². The molecular formula is C21H21N5O3. The third-order valence-electron chi connectivity index (χ3n) is 5.28. The highest BCUT2D eigenvalue weighted by molar-refractivity contribution is 5.93. The molecule has 1 fully saturated rings. The first-order valence-electron chi connectivity index (χ1n) is 9.78. The van der Waals surface area contributed by atoms with Gasteiger partial charge < -0.3 is 19.7 Å². The van der Waals surface area contributed by atoms with Gasteiger partial charge in [-0.15, -0.1) is 0 Å².